The minimum absolute atomic E-state index is 0.0220. The fourth-order valence-electron chi connectivity index (χ4n) is 2.33. The summed E-state index contributed by atoms with van der Waals surface area (Å²) in [6, 6.07) is 6.05. The van der Waals surface area contributed by atoms with Gasteiger partial charge in [-0.3, -0.25) is 9.69 Å². The van der Waals surface area contributed by atoms with Crippen LogP contribution in [0.4, 0.5) is 5.69 Å². The number of hydrogen-bond acceptors (Lipinski definition) is 4. The number of rotatable bonds is 6. The Morgan fingerprint density at radius 1 is 1.47 bits per heavy atom. The van der Waals surface area contributed by atoms with Gasteiger partial charge in [0.15, 0.2) is 0 Å². The highest BCUT2D eigenvalue weighted by Gasteiger charge is 2.21. The van der Waals surface area contributed by atoms with Gasteiger partial charge < -0.3 is 15.8 Å². The minimum Gasteiger partial charge on any atom is -0.383 e. The quantitative estimate of drug-likeness (QED) is 0.801. The van der Waals surface area contributed by atoms with Gasteiger partial charge in [0.05, 0.1) is 6.61 Å². The van der Waals surface area contributed by atoms with Crippen LogP contribution < -0.4 is 11.1 Å². The lowest BCUT2D eigenvalue weighted by atomic mass is 10.1. The van der Waals surface area contributed by atoms with Gasteiger partial charge >= 0.3 is 0 Å². The van der Waals surface area contributed by atoms with E-state index in [0.29, 0.717) is 13.0 Å². The maximum atomic E-state index is 11.6. The van der Waals surface area contributed by atoms with Crippen LogP contribution in [0.3, 0.4) is 0 Å². The van der Waals surface area contributed by atoms with Crippen molar-refractivity contribution < 1.29 is 9.53 Å². The Hall–Kier alpha value is -1.43. The molecule has 0 saturated carbocycles. The van der Waals surface area contributed by atoms with E-state index in [0.717, 1.165) is 31.9 Å². The molecule has 0 fully saturated rings. The first-order valence-electron chi connectivity index (χ1n) is 6.56. The van der Waals surface area contributed by atoms with Crippen LogP contribution in [0, 0.1) is 0 Å². The summed E-state index contributed by atoms with van der Waals surface area (Å²) in [4.78, 5) is 14.0. The molecule has 0 unspecified atom stereocenters. The Labute approximate surface area is 113 Å². The van der Waals surface area contributed by atoms with Gasteiger partial charge in [-0.2, -0.15) is 0 Å². The van der Waals surface area contributed by atoms with Crippen molar-refractivity contribution in [2.75, 3.05) is 32.1 Å². The number of carbonyl (C=O) groups is 1. The number of hydrogen-bond donors (Lipinski definition) is 2. The molecule has 3 N–H and O–H groups in total. The van der Waals surface area contributed by atoms with E-state index in [9.17, 15) is 4.79 Å². The molecule has 19 heavy (non-hydrogen) atoms. The van der Waals surface area contributed by atoms with Crippen LogP contribution in [0.25, 0.3) is 0 Å². The standard InChI is InChI=1S/C14H21N3O2/c1-19-8-7-17-9-11-3-2-4-13(12(11)10-17)16-14(18)5-6-15/h2-4H,5-10,15H2,1H3,(H,16,18). The Balaban J connectivity index is 2.05. The van der Waals surface area contributed by atoms with E-state index >= 15 is 0 Å². The molecule has 1 aliphatic rings. The van der Waals surface area contributed by atoms with Crippen molar-refractivity contribution in [2.45, 2.75) is 19.5 Å². The first-order chi connectivity index (χ1) is 9.24. The average molecular weight is 263 g/mol. The van der Waals surface area contributed by atoms with Crippen molar-refractivity contribution in [1.29, 1.82) is 0 Å². The fourth-order valence-corrected chi connectivity index (χ4v) is 2.33. The topological polar surface area (TPSA) is 67.6 Å². The Kier molecular flexibility index (Phi) is 4.90. The number of amides is 1. The van der Waals surface area contributed by atoms with E-state index < -0.39 is 0 Å². The van der Waals surface area contributed by atoms with Gasteiger partial charge in [0.1, 0.15) is 0 Å². The van der Waals surface area contributed by atoms with Crippen LogP contribution >= 0.6 is 0 Å². The molecule has 1 aliphatic heterocycles. The highest BCUT2D eigenvalue weighted by molar-refractivity contribution is 5.91. The molecule has 0 radical (unpaired) electrons. The Morgan fingerprint density at radius 2 is 2.32 bits per heavy atom. The molecule has 2 rings (SSSR count). The molecule has 1 heterocycles. The molecular formula is C14H21N3O2. The maximum absolute atomic E-state index is 11.6. The second-order valence-electron chi connectivity index (χ2n) is 4.73. The highest BCUT2D eigenvalue weighted by atomic mass is 16.5. The summed E-state index contributed by atoms with van der Waals surface area (Å²) in [7, 11) is 1.71. The third-order valence-electron chi connectivity index (χ3n) is 3.31. The number of nitrogens with two attached hydrogens (primary N) is 1. The van der Waals surface area contributed by atoms with Gasteiger partial charge in [0, 0.05) is 45.4 Å². The molecular weight excluding hydrogens is 242 g/mol. The normalized spacial score (nSPS) is 14.4. The van der Waals surface area contributed by atoms with Crippen LogP contribution in [0.2, 0.25) is 0 Å². The highest BCUT2D eigenvalue weighted by Crippen LogP contribution is 2.29. The van der Waals surface area contributed by atoms with Crippen molar-refractivity contribution in [1.82, 2.24) is 4.90 Å². The van der Waals surface area contributed by atoms with Crippen molar-refractivity contribution >= 4 is 11.6 Å². The number of methoxy groups -OCH3 is 1. The van der Waals surface area contributed by atoms with Crippen LogP contribution in [0.1, 0.15) is 17.5 Å². The molecule has 0 atom stereocenters. The summed E-state index contributed by atoms with van der Waals surface area (Å²) >= 11 is 0. The summed E-state index contributed by atoms with van der Waals surface area (Å²) in [5.41, 5.74) is 8.79. The fraction of sp³-hybridized carbons (Fsp3) is 0.500. The molecule has 5 nitrogen and oxygen atoms in total. The van der Waals surface area contributed by atoms with Crippen LogP contribution in [0.5, 0.6) is 0 Å². The van der Waals surface area contributed by atoms with Gasteiger partial charge in [0.2, 0.25) is 5.91 Å². The summed E-state index contributed by atoms with van der Waals surface area (Å²) in [6.07, 6.45) is 0.358. The second-order valence-corrected chi connectivity index (χ2v) is 4.73. The molecule has 0 aromatic heterocycles. The molecule has 5 heteroatoms. The zero-order chi connectivity index (χ0) is 13.7. The van der Waals surface area contributed by atoms with Crippen molar-refractivity contribution in [2.24, 2.45) is 5.73 Å². The predicted octanol–water partition coefficient (Wildman–Crippen LogP) is 0.936. The number of nitrogens with one attached hydrogen (secondary N) is 1. The molecule has 1 aromatic carbocycles. The van der Waals surface area contributed by atoms with E-state index in [2.05, 4.69) is 16.3 Å². The van der Waals surface area contributed by atoms with Crippen molar-refractivity contribution in [3.63, 3.8) is 0 Å². The molecule has 104 valence electrons. The van der Waals surface area contributed by atoms with E-state index in [1.807, 2.05) is 12.1 Å². The molecule has 0 spiro atoms. The van der Waals surface area contributed by atoms with E-state index in [4.69, 9.17) is 10.5 Å². The van der Waals surface area contributed by atoms with Gasteiger partial charge in [-0.1, -0.05) is 12.1 Å². The number of ether oxygens (including phenoxy) is 1. The minimum atomic E-state index is -0.0220. The summed E-state index contributed by atoms with van der Waals surface area (Å²) in [6.45, 7) is 3.78. The lowest BCUT2D eigenvalue weighted by Crippen LogP contribution is -2.21. The van der Waals surface area contributed by atoms with Crippen molar-refractivity contribution in [3.8, 4) is 0 Å². The third kappa shape index (κ3) is 3.53. The second kappa shape index (κ2) is 6.65. The zero-order valence-corrected chi connectivity index (χ0v) is 11.3. The van der Waals surface area contributed by atoms with Gasteiger partial charge in [0.25, 0.3) is 0 Å². The lowest BCUT2D eigenvalue weighted by molar-refractivity contribution is -0.116. The SMILES string of the molecule is COCCN1Cc2cccc(NC(=O)CCN)c2C1. The Bertz CT molecular complexity index is 448. The van der Waals surface area contributed by atoms with E-state index in [1.165, 1.54) is 11.1 Å². The predicted molar refractivity (Wildman–Crippen MR) is 74.7 cm³/mol. The van der Waals surface area contributed by atoms with E-state index in [-0.39, 0.29) is 5.91 Å². The number of carbonyl (C=O) groups excluding carboxylic acids is 1. The number of anilines is 1. The van der Waals surface area contributed by atoms with E-state index in [1.54, 1.807) is 7.11 Å². The van der Waals surface area contributed by atoms with Crippen LogP contribution in [-0.2, 0) is 22.6 Å². The van der Waals surface area contributed by atoms with Gasteiger partial charge in [-0.15, -0.1) is 0 Å². The monoisotopic (exact) mass is 263 g/mol. The summed E-state index contributed by atoms with van der Waals surface area (Å²) < 4.78 is 5.10. The zero-order valence-electron chi connectivity index (χ0n) is 11.3. The molecule has 0 bridgehead atoms. The lowest BCUT2D eigenvalue weighted by Gasteiger charge is -2.14. The van der Waals surface area contributed by atoms with Crippen LogP contribution in [-0.4, -0.2) is 37.6 Å². The summed E-state index contributed by atoms with van der Waals surface area (Å²) in [5.74, 6) is -0.0220. The number of nitrogens with zero attached hydrogens (tertiary/aromatic N) is 1. The molecule has 1 aromatic rings. The molecule has 1 amide bonds. The first kappa shape index (κ1) is 14.0. The van der Waals surface area contributed by atoms with Crippen molar-refractivity contribution in [3.05, 3.63) is 29.3 Å². The summed E-state index contributed by atoms with van der Waals surface area (Å²) in [5, 5.41) is 2.94. The van der Waals surface area contributed by atoms with Gasteiger partial charge in [-0.25, -0.2) is 0 Å². The number of benzene rings is 1. The molecule has 0 aliphatic carbocycles. The third-order valence-corrected chi connectivity index (χ3v) is 3.31. The van der Waals surface area contributed by atoms with Gasteiger partial charge in [-0.05, 0) is 17.2 Å². The average Bonchev–Trinajstić information content (AvgIpc) is 2.80. The van der Waals surface area contributed by atoms with Crippen LogP contribution in [0.15, 0.2) is 18.2 Å². The maximum Gasteiger partial charge on any atom is 0.225 e. The largest absolute Gasteiger partial charge is 0.383 e. The first-order valence-corrected chi connectivity index (χ1v) is 6.56. The number of fused-ring (bicyclic) bond motifs is 1. The Morgan fingerprint density at radius 3 is 3.05 bits per heavy atom. The molecule has 0 saturated heterocycles. The smallest absolute Gasteiger partial charge is 0.225 e.